The van der Waals surface area contributed by atoms with Gasteiger partial charge >= 0.3 is 0 Å². The van der Waals surface area contributed by atoms with E-state index in [1.807, 2.05) is 75.4 Å². The molecule has 0 amide bonds. The number of nitrogens with one attached hydrogen (secondary N) is 2. The molecule has 176 valence electrons. The lowest BCUT2D eigenvalue weighted by atomic mass is 10.1. The summed E-state index contributed by atoms with van der Waals surface area (Å²) in [6.07, 6.45) is 0. The van der Waals surface area contributed by atoms with Gasteiger partial charge in [-0.15, -0.1) is 11.3 Å². The summed E-state index contributed by atoms with van der Waals surface area (Å²) in [5, 5.41) is 4.72. The van der Waals surface area contributed by atoms with E-state index >= 15 is 0 Å². The van der Waals surface area contributed by atoms with Gasteiger partial charge in [-0.1, -0.05) is 42.5 Å². The van der Waals surface area contributed by atoms with Gasteiger partial charge in [-0.05, 0) is 44.5 Å². The number of fused-ring (bicyclic) bond motifs is 2. The minimum Gasteiger partial charge on any atom is -0.308 e. The standard InChI is InChI=1S/C27H21N7OS/c1-14-13-15(2)29-27(28-14)34-23-20-16(3)21(24-30-19-12-8-7-11-18(19)25(35)32-24)36-26(20)33-22(31-23)17-9-5-4-6-10-17/h4-13H,1-3H3,(H,30,32,35)(H,28,29,31,33,34). The summed E-state index contributed by atoms with van der Waals surface area (Å²) in [4.78, 5) is 40.9. The van der Waals surface area contributed by atoms with E-state index in [0.717, 1.165) is 37.6 Å². The average Bonchev–Trinajstić information content (AvgIpc) is 3.20. The number of aryl methyl sites for hydroxylation is 3. The number of benzene rings is 2. The predicted octanol–water partition coefficient (Wildman–Crippen LogP) is 5.72. The number of thiophene rings is 1. The highest BCUT2D eigenvalue weighted by atomic mass is 32.1. The highest BCUT2D eigenvalue weighted by Gasteiger charge is 2.21. The normalized spacial score (nSPS) is 11.3. The van der Waals surface area contributed by atoms with Crippen LogP contribution >= 0.6 is 11.3 Å². The maximum absolute atomic E-state index is 12.8. The maximum Gasteiger partial charge on any atom is 0.259 e. The highest BCUT2D eigenvalue weighted by Crippen LogP contribution is 2.40. The molecule has 0 unspecified atom stereocenters. The quantitative estimate of drug-likeness (QED) is 0.324. The summed E-state index contributed by atoms with van der Waals surface area (Å²) in [6, 6.07) is 19.1. The fourth-order valence-corrected chi connectivity index (χ4v) is 5.38. The zero-order valence-electron chi connectivity index (χ0n) is 19.8. The third-order valence-electron chi connectivity index (χ3n) is 5.86. The molecule has 0 aliphatic carbocycles. The van der Waals surface area contributed by atoms with Crippen molar-refractivity contribution in [1.29, 1.82) is 0 Å². The molecule has 2 aromatic carbocycles. The van der Waals surface area contributed by atoms with Crippen LogP contribution in [0.1, 0.15) is 17.0 Å². The van der Waals surface area contributed by atoms with E-state index in [1.165, 1.54) is 11.3 Å². The molecular formula is C27H21N7OS. The minimum atomic E-state index is -0.175. The Morgan fingerprint density at radius 2 is 1.56 bits per heavy atom. The zero-order chi connectivity index (χ0) is 24.8. The van der Waals surface area contributed by atoms with Crippen LogP contribution in [0.4, 0.5) is 11.8 Å². The van der Waals surface area contributed by atoms with Crippen molar-refractivity contribution in [2.45, 2.75) is 20.8 Å². The molecule has 0 saturated heterocycles. The van der Waals surface area contributed by atoms with Crippen molar-refractivity contribution >= 4 is 44.2 Å². The van der Waals surface area contributed by atoms with Gasteiger partial charge in [0, 0.05) is 17.0 Å². The lowest BCUT2D eigenvalue weighted by Gasteiger charge is -2.10. The van der Waals surface area contributed by atoms with Gasteiger partial charge in [-0.3, -0.25) is 4.79 Å². The van der Waals surface area contributed by atoms with Crippen molar-refractivity contribution in [2.75, 3.05) is 5.32 Å². The topological polar surface area (TPSA) is 109 Å². The number of nitrogens with zero attached hydrogens (tertiary/aromatic N) is 5. The lowest BCUT2D eigenvalue weighted by molar-refractivity contribution is 1.05. The average molecular weight is 492 g/mol. The molecule has 9 heteroatoms. The summed E-state index contributed by atoms with van der Waals surface area (Å²) < 4.78 is 0. The molecule has 0 aliphatic heterocycles. The van der Waals surface area contributed by atoms with E-state index in [2.05, 4.69) is 20.3 Å². The first-order valence-corrected chi connectivity index (χ1v) is 12.2. The van der Waals surface area contributed by atoms with Gasteiger partial charge in [0.15, 0.2) is 11.6 Å². The van der Waals surface area contributed by atoms with Gasteiger partial charge in [-0.25, -0.2) is 24.9 Å². The van der Waals surface area contributed by atoms with Crippen LogP contribution < -0.4 is 10.9 Å². The van der Waals surface area contributed by atoms with Gasteiger partial charge in [0.2, 0.25) is 5.95 Å². The van der Waals surface area contributed by atoms with Crippen LogP contribution in [0, 0.1) is 20.8 Å². The predicted molar refractivity (Wildman–Crippen MR) is 144 cm³/mol. The smallest absolute Gasteiger partial charge is 0.259 e. The molecule has 0 atom stereocenters. The van der Waals surface area contributed by atoms with Crippen LogP contribution in [0.15, 0.2) is 65.5 Å². The van der Waals surface area contributed by atoms with Crippen LogP contribution in [-0.2, 0) is 0 Å². The van der Waals surface area contributed by atoms with Crippen molar-refractivity contribution in [2.24, 2.45) is 0 Å². The summed E-state index contributed by atoms with van der Waals surface area (Å²) in [6.45, 7) is 5.85. The van der Waals surface area contributed by atoms with Gasteiger partial charge in [0.25, 0.3) is 5.56 Å². The molecule has 0 saturated carbocycles. The SMILES string of the molecule is Cc1cc(C)nc(Nc2nc(-c3ccccc3)nc3sc(-c4nc5ccccc5c(=O)[nH]4)c(C)c23)n1. The van der Waals surface area contributed by atoms with Gasteiger partial charge in [-0.2, -0.15) is 0 Å². The Balaban J connectivity index is 1.58. The first kappa shape index (κ1) is 22.0. The number of hydrogen-bond acceptors (Lipinski definition) is 8. The van der Waals surface area contributed by atoms with E-state index in [4.69, 9.17) is 15.0 Å². The first-order valence-electron chi connectivity index (χ1n) is 11.4. The molecule has 4 aromatic heterocycles. The zero-order valence-corrected chi connectivity index (χ0v) is 20.6. The summed E-state index contributed by atoms with van der Waals surface area (Å²) >= 11 is 1.47. The van der Waals surface area contributed by atoms with Gasteiger partial charge in [0.05, 0.1) is 21.2 Å². The second-order valence-corrected chi connectivity index (χ2v) is 9.53. The van der Waals surface area contributed by atoms with Gasteiger partial charge < -0.3 is 10.3 Å². The van der Waals surface area contributed by atoms with Crippen LogP contribution in [0.5, 0.6) is 0 Å². The second kappa shape index (κ2) is 8.62. The van der Waals surface area contributed by atoms with Crippen molar-refractivity contribution < 1.29 is 0 Å². The Morgan fingerprint density at radius 1 is 0.833 bits per heavy atom. The molecule has 36 heavy (non-hydrogen) atoms. The molecule has 0 fully saturated rings. The second-order valence-electron chi connectivity index (χ2n) is 8.53. The van der Waals surface area contributed by atoms with Crippen LogP contribution in [0.2, 0.25) is 0 Å². The third-order valence-corrected chi connectivity index (χ3v) is 7.05. The Bertz CT molecular complexity index is 1810. The molecule has 2 N–H and O–H groups in total. The van der Waals surface area contributed by atoms with E-state index in [-0.39, 0.29) is 5.56 Å². The number of H-pyrrole nitrogens is 1. The maximum atomic E-state index is 12.8. The number of hydrogen-bond donors (Lipinski definition) is 2. The molecule has 8 nitrogen and oxygen atoms in total. The van der Waals surface area contributed by atoms with Crippen molar-refractivity contribution in [1.82, 2.24) is 29.9 Å². The van der Waals surface area contributed by atoms with E-state index in [1.54, 1.807) is 6.07 Å². The molecular weight excluding hydrogens is 470 g/mol. The fourth-order valence-electron chi connectivity index (χ4n) is 4.25. The van der Waals surface area contributed by atoms with E-state index in [9.17, 15) is 4.79 Å². The van der Waals surface area contributed by atoms with Crippen LogP contribution in [0.3, 0.4) is 0 Å². The largest absolute Gasteiger partial charge is 0.308 e. The van der Waals surface area contributed by atoms with Gasteiger partial charge in [0.1, 0.15) is 10.6 Å². The number of anilines is 2. The van der Waals surface area contributed by atoms with E-state index < -0.39 is 0 Å². The Morgan fingerprint density at radius 3 is 2.33 bits per heavy atom. The number of para-hydroxylation sites is 1. The van der Waals surface area contributed by atoms with Crippen molar-refractivity contribution in [3.63, 3.8) is 0 Å². The number of aromatic nitrogens is 6. The molecule has 0 spiro atoms. The highest BCUT2D eigenvalue weighted by molar-refractivity contribution is 7.22. The van der Waals surface area contributed by atoms with Crippen LogP contribution in [-0.4, -0.2) is 29.9 Å². The lowest BCUT2D eigenvalue weighted by Crippen LogP contribution is -2.09. The third kappa shape index (κ3) is 3.89. The van der Waals surface area contributed by atoms with Crippen molar-refractivity contribution in [3.8, 4) is 22.1 Å². The van der Waals surface area contributed by atoms with E-state index in [0.29, 0.717) is 34.3 Å². The minimum absolute atomic E-state index is 0.175. The van der Waals surface area contributed by atoms with Crippen molar-refractivity contribution in [3.05, 3.63) is 88.0 Å². The molecule has 6 aromatic rings. The Hall–Kier alpha value is -4.50. The summed E-state index contributed by atoms with van der Waals surface area (Å²) in [5.41, 5.74) is 4.00. The number of aromatic amines is 1. The molecule has 0 radical (unpaired) electrons. The Kier molecular flexibility index (Phi) is 5.26. The first-order chi connectivity index (χ1) is 17.5. The van der Waals surface area contributed by atoms with Crippen LogP contribution in [0.25, 0.3) is 43.2 Å². The molecule has 0 aliphatic rings. The monoisotopic (exact) mass is 491 g/mol. The molecule has 4 heterocycles. The number of rotatable bonds is 4. The summed E-state index contributed by atoms with van der Waals surface area (Å²) in [7, 11) is 0. The summed E-state index contributed by atoms with van der Waals surface area (Å²) in [5.74, 6) is 2.17. The molecule has 0 bridgehead atoms. The Labute approximate surface area is 210 Å². The fraction of sp³-hybridized carbons (Fsp3) is 0.111. The molecule has 6 rings (SSSR count).